The Morgan fingerprint density at radius 1 is 1.26 bits per heavy atom. The van der Waals surface area contributed by atoms with Gasteiger partial charge >= 0.3 is 0 Å². The molecule has 0 saturated carbocycles. The van der Waals surface area contributed by atoms with Gasteiger partial charge in [-0.3, -0.25) is 10.3 Å². The molecule has 1 aromatic carbocycles. The van der Waals surface area contributed by atoms with Gasteiger partial charge in [0.25, 0.3) is 0 Å². The first-order valence-electron chi connectivity index (χ1n) is 11.5. The van der Waals surface area contributed by atoms with E-state index in [0.717, 1.165) is 44.0 Å². The summed E-state index contributed by atoms with van der Waals surface area (Å²) in [5.74, 6) is 1.43. The van der Waals surface area contributed by atoms with Crippen molar-refractivity contribution in [1.82, 2.24) is 14.9 Å². The maximum atomic E-state index is 9.86. The van der Waals surface area contributed by atoms with Gasteiger partial charge in [-0.15, -0.1) is 0 Å². The Kier molecular flexibility index (Phi) is 7.58. The normalized spacial score (nSPS) is 15.7. The smallest absolute Gasteiger partial charge is 0.224 e. The zero-order valence-corrected chi connectivity index (χ0v) is 19.8. The number of aliphatic hydroxyl groups is 1. The van der Waals surface area contributed by atoms with E-state index in [1.54, 1.807) is 19.1 Å². The summed E-state index contributed by atoms with van der Waals surface area (Å²) in [5.41, 5.74) is 14.5. The van der Waals surface area contributed by atoms with Gasteiger partial charge in [-0.1, -0.05) is 12.1 Å². The monoisotopic (exact) mass is 478 g/mol. The third-order valence-electron chi connectivity index (χ3n) is 5.92. The Labute approximate surface area is 204 Å². The number of hydrogen-bond donors (Lipinski definition) is 5. The van der Waals surface area contributed by atoms with Crippen molar-refractivity contribution in [2.24, 2.45) is 10.7 Å². The Morgan fingerprint density at radius 3 is 2.74 bits per heavy atom. The van der Waals surface area contributed by atoms with Gasteiger partial charge in [0.15, 0.2) is 23.6 Å². The quantitative estimate of drug-likeness (QED) is 0.212. The second-order valence-corrected chi connectivity index (χ2v) is 8.34. The van der Waals surface area contributed by atoms with E-state index < -0.39 is 6.10 Å². The van der Waals surface area contributed by atoms with Crippen LogP contribution in [0.4, 0.5) is 23.3 Å². The van der Waals surface area contributed by atoms with Crippen molar-refractivity contribution < 1.29 is 14.9 Å². The molecule has 0 amide bonds. The Hall–Kier alpha value is -3.96. The Morgan fingerprint density at radius 2 is 2.06 bits per heavy atom. The van der Waals surface area contributed by atoms with Crippen LogP contribution in [0.25, 0.3) is 0 Å². The summed E-state index contributed by atoms with van der Waals surface area (Å²) in [4.78, 5) is 17.5. The molecular formula is C24H32N9O2+. The van der Waals surface area contributed by atoms with Gasteiger partial charge < -0.3 is 31.2 Å². The van der Waals surface area contributed by atoms with Crippen molar-refractivity contribution in [1.29, 1.82) is 0 Å². The van der Waals surface area contributed by atoms with E-state index in [0.29, 0.717) is 23.7 Å². The van der Waals surface area contributed by atoms with Gasteiger partial charge in [-0.25, -0.2) is 4.99 Å². The lowest BCUT2D eigenvalue weighted by Gasteiger charge is -2.36. The van der Waals surface area contributed by atoms with Crippen LogP contribution in [0.15, 0.2) is 52.1 Å². The number of rotatable bonds is 9. The second kappa shape index (κ2) is 11.0. The van der Waals surface area contributed by atoms with Crippen molar-refractivity contribution >= 4 is 35.3 Å². The largest absolute Gasteiger partial charge is 0.461 e. The summed E-state index contributed by atoms with van der Waals surface area (Å²) in [6.45, 7) is 6.93. The van der Waals surface area contributed by atoms with E-state index in [4.69, 9.17) is 21.3 Å². The molecule has 3 aromatic rings. The number of nitrogens with zero attached hydrogens (tertiary/aromatic N) is 5. The lowest BCUT2D eigenvalue weighted by molar-refractivity contribution is -0.104. The standard InChI is InChI=1S/C24H31N9O2/c1-16(34)17-4-2-5-18(14-17)33-11-9-32(10-12-33)8-7-28-22-19(15-25)23(31-24(27)30-22)29-21(26)20-6-3-13-35-20/h2-6,13-16,25,34H,7-12H2,1H3,(H5,26,27,28,29,30,31)/p+1/t16-/m1/s1. The summed E-state index contributed by atoms with van der Waals surface area (Å²) < 4.78 is 5.28. The summed E-state index contributed by atoms with van der Waals surface area (Å²) >= 11 is 0. The lowest BCUT2D eigenvalue weighted by Crippen LogP contribution is -2.47. The zero-order chi connectivity index (χ0) is 24.8. The molecule has 11 heteroatoms. The molecule has 11 nitrogen and oxygen atoms in total. The molecule has 0 radical (unpaired) electrons. The van der Waals surface area contributed by atoms with Crippen LogP contribution in [0.5, 0.6) is 0 Å². The third kappa shape index (κ3) is 5.94. The van der Waals surface area contributed by atoms with Gasteiger partial charge in [0, 0.05) is 45.0 Å². The number of aliphatic hydroxyl groups excluding tert-OH is 1. The highest BCUT2D eigenvalue weighted by Gasteiger charge is 2.19. The number of aromatic nitrogens is 2. The second-order valence-electron chi connectivity index (χ2n) is 8.34. The van der Waals surface area contributed by atoms with Crippen LogP contribution >= 0.6 is 0 Å². The van der Waals surface area contributed by atoms with Crippen molar-refractivity contribution in [3.63, 3.8) is 0 Å². The fraction of sp³-hybridized carbons (Fsp3) is 0.333. The van der Waals surface area contributed by atoms with Crippen molar-refractivity contribution in [3.8, 4) is 0 Å². The highest BCUT2D eigenvalue weighted by Crippen LogP contribution is 2.24. The van der Waals surface area contributed by atoms with Crippen LogP contribution in [-0.4, -0.2) is 71.3 Å². The van der Waals surface area contributed by atoms with E-state index in [9.17, 15) is 5.11 Å². The molecule has 1 fully saturated rings. The minimum Gasteiger partial charge on any atom is -0.461 e. The fourth-order valence-electron chi connectivity index (χ4n) is 3.98. The zero-order valence-electron chi connectivity index (χ0n) is 19.8. The van der Waals surface area contributed by atoms with Gasteiger partial charge in [0.2, 0.25) is 5.95 Å². The SMILES string of the molecule is C[C@@H](O)c1cccc(N2CCN(CCNc3nc(N)nc(N=C(N)c4ccco4)c3C=[NH2+])CC2)c1. The topological polar surface area (TPSA) is 168 Å². The number of nitrogen functional groups attached to an aromatic ring is 1. The van der Waals surface area contributed by atoms with Crippen LogP contribution < -0.4 is 27.1 Å². The molecule has 3 heterocycles. The van der Waals surface area contributed by atoms with Crippen LogP contribution in [-0.2, 0) is 0 Å². The maximum Gasteiger partial charge on any atom is 0.224 e. The molecule has 184 valence electrons. The van der Waals surface area contributed by atoms with E-state index in [1.165, 1.54) is 12.5 Å². The summed E-state index contributed by atoms with van der Waals surface area (Å²) in [7, 11) is 0. The highest BCUT2D eigenvalue weighted by molar-refractivity contribution is 5.98. The number of nitrogens with one attached hydrogen (secondary N) is 1. The predicted molar refractivity (Wildman–Crippen MR) is 137 cm³/mol. The lowest BCUT2D eigenvalue weighted by atomic mass is 10.1. The van der Waals surface area contributed by atoms with Crippen LogP contribution in [0.2, 0.25) is 0 Å². The molecular weight excluding hydrogens is 446 g/mol. The number of nitrogens with two attached hydrogens (primary N) is 3. The summed E-state index contributed by atoms with van der Waals surface area (Å²) in [6, 6.07) is 11.5. The first-order valence-corrected chi connectivity index (χ1v) is 11.5. The number of anilines is 3. The van der Waals surface area contributed by atoms with Crippen molar-refractivity contribution in [3.05, 3.63) is 59.5 Å². The molecule has 0 bridgehead atoms. The molecule has 0 aliphatic carbocycles. The Balaban J connectivity index is 1.35. The minimum atomic E-state index is -0.471. The number of aliphatic imine (C=N–C) groups is 1. The fourth-order valence-corrected chi connectivity index (χ4v) is 3.98. The number of piperazine rings is 1. The molecule has 0 spiro atoms. The van der Waals surface area contributed by atoms with Crippen molar-refractivity contribution in [2.75, 3.05) is 55.2 Å². The molecule has 0 unspecified atom stereocenters. The minimum absolute atomic E-state index is 0.0668. The average Bonchev–Trinajstić information content (AvgIpc) is 3.40. The first-order chi connectivity index (χ1) is 16.9. The molecule has 35 heavy (non-hydrogen) atoms. The molecule has 1 aliphatic heterocycles. The number of furan rings is 1. The van der Waals surface area contributed by atoms with Crippen LogP contribution in [0.3, 0.4) is 0 Å². The molecule has 1 atom stereocenters. The molecule has 1 saturated heterocycles. The predicted octanol–water partition coefficient (Wildman–Crippen LogP) is 0.154. The number of hydrogen-bond acceptors (Lipinski definition) is 9. The molecule has 4 rings (SSSR count). The van der Waals surface area contributed by atoms with Crippen LogP contribution in [0.1, 0.15) is 29.9 Å². The number of amidine groups is 1. The molecule has 2 aromatic heterocycles. The van der Waals surface area contributed by atoms with Crippen LogP contribution in [0, 0.1) is 0 Å². The van der Waals surface area contributed by atoms with E-state index in [-0.39, 0.29) is 17.6 Å². The van der Waals surface area contributed by atoms with E-state index in [1.807, 2.05) is 12.1 Å². The first kappa shape index (κ1) is 24.2. The van der Waals surface area contributed by atoms with Gasteiger partial charge in [-0.05, 0) is 36.8 Å². The summed E-state index contributed by atoms with van der Waals surface area (Å²) in [5, 5.41) is 19.0. The highest BCUT2D eigenvalue weighted by atomic mass is 16.3. The maximum absolute atomic E-state index is 9.86. The van der Waals surface area contributed by atoms with Gasteiger partial charge in [0.1, 0.15) is 11.4 Å². The van der Waals surface area contributed by atoms with Gasteiger partial charge in [-0.2, -0.15) is 9.97 Å². The van der Waals surface area contributed by atoms with E-state index in [2.05, 4.69) is 42.2 Å². The van der Waals surface area contributed by atoms with E-state index >= 15 is 0 Å². The van der Waals surface area contributed by atoms with Gasteiger partial charge in [0.05, 0.1) is 12.4 Å². The third-order valence-corrected chi connectivity index (χ3v) is 5.92. The Bertz CT molecular complexity index is 1170. The molecule has 1 aliphatic rings. The average molecular weight is 479 g/mol. The molecule has 8 N–H and O–H groups in total. The number of benzene rings is 1. The summed E-state index contributed by atoms with van der Waals surface area (Å²) in [6.07, 6.45) is 2.43. The van der Waals surface area contributed by atoms with Crippen molar-refractivity contribution in [2.45, 2.75) is 13.0 Å².